The number of nitrogens with zero attached hydrogens (tertiary/aromatic N) is 7. The van der Waals surface area contributed by atoms with E-state index < -0.39 is 6.10 Å². The van der Waals surface area contributed by atoms with E-state index in [0.29, 0.717) is 39.8 Å². The third-order valence-electron chi connectivity index (χ3n) is 5.64. The van der Waals surface area contributed by atoms with Gasteiger partial charge < -0.3 is 20.2 Å². The van der Waals surface area contributed by atoms with Crippen LogP contribution in [0.3, 0.4) is 0 Å². The number of nitrogens with one attached hydrogen (secondary N) is 2. The molecule has 6 rings (SSSR count). The van der Waals surface area contributed by atoms with Crippen LogP contribution in [0.5, 0.6) is 11.6 Å². The summed E-state index contributed by atoms with van der Waals surface area (Å²) in [6, 6.07) is 12.8. The fourth-order valence-corrected chi connectivity index (χ4v) is 4.18. The van der Waals surface area contributed by atoms with Crippen LogP contribution in [0.1, 0.15) is 12.0 Å². The summed E-state index contributed by atoms with van der Waals surface area (Å²) in [4.78, 5) is 30.7. The monoisotopic (exact) mass is 559 g/mol. The highest BCUT2D eigenvalue weighted by atomic mass is 79.9. The first kappa shape index (κ1) is 22.8. The van der Waals surface area contributed by atoms with Crippen molar-refractivity contribution in [2.24, 2.45) is 5.16 Å². The summed E-state index contributed by atoms with van der Waals surface area (Å²) < 4.78 is 8.26. The number of benzene rings is 2. The van der Waals surface area contributed by atoms with E-state index in [1.165, 1.54) is 6.33 Å². The summed E-state index contributed by atoms with van der Waals surface area (Å²) in [7, 11) is 0. The first-order valence-electron chi connectivity index (χ1n) is 11.2. The number of hydrogen-bond acceptors (Lipinski definition) is 10. The first-order valence-corrected chi connectivity index (χ1v) is 12.0. The maximum Gasteiger partial charge on any atom is 0.268 e. The lowest BCUT2D eigenvalue weighted by molar-refractivity contribution is -0.125. The molecule has 1 aliphatic heterocycles. The molecule has 12 nitrogen and oxygen atoms in total. The number of carbonyl (C=O) groups is 1. The van der Waals surface area contributed by atoms with E-state index in [9.17, 15) is 4.79 Å². The van der Waals surface area contributed by atoms with Crippen LogP contribution in [0, 0.1) is 6.92 Å². The maximum atomic E-state index is 12.5. The third kappa shape index (κ3) is 4.76. The molecule has 0 spiro atoms. The van der Waals surface area contributed by atoms with Gasteiger partial charge in [0.05, 0.1) is 5.52 Å². The van der Waals surface area contributed by atoms with Gasteiger partial charge in [0.1, 0.15) is 35.2 Å². The molecular weight excluding hydrogens is 542 g/mol. The lowest BCUT2D eigenvalue weighted by atomic mass is 10.1. The summed E-state index contributed by atoms with van der Waals surface area (Å²) in [5.74, 6) is 1.39. The van der Waals surface area contributed by atoms with Crippen LogP contribution in [0.15, 0.2) is 66.6 Å². The molecule has 0 aliphatic carbocycles. The number of rotatable bonds is 6. The number of ether oxygens (including phenoxy) is 1. The Kier molecular flexibility index (Phi) is 5.81. The number of carbonyl (C=O) groups excluding carboxylic acids is 1. The van der Waals surface area contributed by atoms with Crippen molar-refractivity contribution in [3.05, 3.63) is 67.0 Å². The minimum Gasteiger partial charge on any atom is -0.439 e. The van der Waals surface area contributed by atoms with Crippen LogP contribution >= 0.6 is 15.9 Å². The Morgan fingerprint density at radius 2 is 2.00 bits per heavy atom. The number of halogens is 1. The van der Waals surface area contributed by atoms with E-state index in [1.54, 1.807) is 29.2 Å². The summed E-state index contributed by atoms with van der Waals surface area (Å²) >= 11 is 3.24. The zero-order valence-corrected chi connectivity index (χ0v) is 20.9. The van der Waals surface area contributed by atoms with E-state index in [-0.39, 0.29) is 5.91 Å². The van der Waals surface area contributed by atoms with Gasteiger partial charge in [-0.25, -0.2) is 15.0 Å². The van der Waals surface area contributed by atoms with Gasteiger partial charge in [-0.3, -0.25) is 9.20 Å². The Bertz CT molecular complexity index is 1690. The molecule has 184 valence electrons. The molecule has 4 heterocycles. The molecule has 1 atom stereocenters. The van der Waals surface area contributed by atoms with Crippen molar-refractivity contribution in [1.82, 2.24) is 29.5 Å². The van der Waals surface area contributed by atoms with E-state index in [2.05, 4.69) is 56.9 Å². The van der Waals surface area contributed by atoms with Crippen LogP contribution in [0.4, 0.5) is 17.2 Å². The molecule has 0 saturated heterocycles. The van der Waals surface area contributed by atoms with Crippen LogP contribution in [-0.4, -0.2) is 46.2 Å². The van der Waals surface area contributed by atoms with Crippen molar-refractivity contribution in [2.45, 2.75) is 19.4 Å². The SMILES string of the molecule is Cc1cc(Nc2ncnc3ccc(NC(=O)C4CC(Br)=NO4)cc23)ccc1Oc1cc2nncn2cn1. The minimum atomic E-state index is -0.674. The molecule has 3 aromatic heterocycles. The molecule has 13 heteroatoms. The standard InChI is InChI=1S/C24H18BrN9O3/c1-13-6-14(3-5-18(13)36-22-9-21-32-29-12-34(21)11-28-22)30-23-16-7-15(2-4-17(16)26-10-27-23)31-24(35)19-8-20(25)33-37-19/h2-7,9-12,19H,8H2,1H3,(H,31,35)(H,26,27,30). The van der Waals surface area contributed by atoms with Crippen molar-refractivity contribution in [2.75, 3.05) is 10.6 Å². The number of oxime groups is 1. The van der Waals surface area contributed by atoms with E-state index in [1.807, 2.05) is 37.3 Å². The fraction of sp³-hybridized carbons (Fsp3) is 0.125. The molecule has 1 unspecified atom stereocenters. The first-order chi connectivity index (χ1) is 18.0. The van der Waals surface area contributed by atoms with Crippen LogP contribution < -0.4 is 15.4 Å². The summed E-state index contributed by atoms with van der Waals surface area (Å²) in [6.45, 7) is 1.94. The van der Waals surface area contributed by atoms with Gasteiger partial charge >= 0.3 is 0 Å². The largest absolute Gasteiger partial charge is 0.439 e. The van der Waals surface area contributed by atoms with Gasteiger partial charge in [-0.2, -0.15) is 0 Å². The molecule has 5 aromatic rings. The Labute approximate surface area is 217 Å². The maximum absolute atomic E-state index is 12.5. The average molecular weight is 560 g/mol. The third-order valence-corrected chi connectivity index (χ3v) is 6.11. The molecule has 2 N–H and O–H groups in total. The van der Waals surface area contributed by atoms with Crippen molar-refractivity contribution >= 4 is 60.2 Å². The Balaban J connectivity index is 1.21. The fourth-order valence-electron chi connectivity index (χ4n) is 3.80. The van der Waals surface area contributed by atoms with Crippen LogP contribution in [-0.2, 0) is 9.63 Å². The van der Waals surface area contributed by atoms with Gasteiger partial charge in [0.15, 0.2) is 5.65 Å². The molecule has 1 aliphatic rings. The summed E-state index contributed by atoms with van der Waals surface area (Å²) in [6.07, 6.45) is 4.37. The smallest absolute Gasteiger partial charge is 0.268 e. The number of amides is 1. The lowest BCUT2D eigenvalue weighted by Gasteiger charge is -2.13. The van der Waals surface area contributed by atoms with Crippen LogP contribution in [0.25, 0.3) is 16.6 Å². The number of anilines is 3. The van der Waals surface area contributed by atoms with Gasteiger partial charge in [0.25, 0.3) is 5.91 Å². The molecule has 2 aromatic carbocycles. The normalized spacial score (nSPS) is 14.9. The Morgan fingerprint density at radius 3 is 2.84 bits per heavy atom. The van der Waals surface area contributed by atoms with E-state index in [0.717, 1.165) is 22.2 Å². The predicted octanol–water partition coefficient (Wildman–Crippen LogP) is 4.35. The van der Waals surface area contributed by atoms with Gasteiger partial charge in [-0.1, -0.05) is 5.16 Å². The second kappa shape index (κ2) is 9.43. The van der Waals surface area contributed by atoms with Gasteiger partial charge in [-0.15, -0.1) is 10.2 Å². The van der Waals surface area contributed by atoms with Crippen molar-refractivity contribution in [3.8, 4) is 11.6 Å². The summed E-state index contributed by atoms with van der Waals surface area (Å²) in [5.41, 5.74) is 3.67. The second-order valence-corrected chi connectivity index (χ2v) is 9.16. The predicted molar refractivity (Wildman–Crippen MR) is 139 cm³/mol. The van der Waals surface area contributed by atoms with Gasteiger partial charge in [-0.05, 0) is 64.8 Å². The Hall–Kier alpha value is -4.65. The molecule has 0 fully saturated rings. The zero-order chi connectivity index (χ0) is 25.4. The number of aryl methyl sites for hydroxylation is 1. The summed E-state index contributed by atoms with van der Waals surface area (Å²) in [5, 5.41) is 18.6. The topological polar surface area (TPSA) is 141 Å². The van der Waals surface area contributed by atoms with Gasteiger partial charge in [0.2, 0.25) is 12.0 Å². The number of aromatic nitrogens is 6. The lowest BCUT2D eigenvalue weighted by Crippen LogP contribution is -2.27. The highest BCUT2D eigenvalue weighted by Gasteiger charge is 2.27. The molecule has 1 amide bonds. The number of fused-ring (bicyclic) bond motifs is 2. The highest BCUT2D eigenvalue weighted by Crippen LogP contribution is 2.30. The van der Waals surface area contributed by atoms with E-state index >= 15 is 0 Å². The molecule has 0 bridgehead atoms. The second-order valence-electron chi connectivity index (χ2n) is 8.24. The minimum absolute atomic E-state index is 0.284. The average Bonchev–Trinajstić information content (AvgIpc) is 3.55. The molecule has 0 saturated carbocycles. The number of hydrogen-bond donors (Lipinski definition) is 2. The molecule has 0 radical (unpaired) electrons. The molecule has 37 heavy (non-hydrogen) atoms. The zero-order valence-electron chi connectivity index (χ0n) is 19.3. The quantitative estimate of drug-likeness (QED) is 0.310. The molecular formula is C24H18BrN9O3. The van der Waals surface area contributed by atoms with Crippen molar-refractivity contribution < 1.29 is 14.4 Å². The highest BCUT2D eigenvalue weighted by molar-refractivity contribution is 9.18. The van der Waals surface area contributed by atoms with E-state index in [4.69, 9.17) is 9.57 Å². The van der Waals surface area contributed by atoms with Gasteiger partial charge in [0, 0.05) is 29.2 Å². The van der Waals surface area contributed by atoms with Crippen molar-refractivity contribution in [3.63, 3.8) is 0 Å². The van der Waals surface area contributed by atoms with Crippen LogP contribution in [0.2, 0.25) is 0 Å². The van der Waals surface area contributed by atoms with Crippen molar-refractivity contribution in [1.29, 1.82) is 0 Å². The Morgan fingerprint density at radius 1 is 1.11 bits per heavy atom.